The van der Waals surface area contributed by atoms with Crippen molar-refractivity contribution < 1.29 is 28.9 Å². The van der Waals surface area contributed by atoms with Gasteiger partial charge in [0.05, 0.1) is 19.8 Å². The van der Waals surface area contributed by atoms with Crippen molar-refractivity contribution in [1.82, 2.24) is 0 Å². The molecule has 2 aromatic rings. The van der Waals surface area contributed by atoms with Gasteiger partial charge in [0.15, 0.2) is 0 Å². The molecule has 43 heavy (non-hydrogen) atoms. The molecular weight excluding hydrogens is 540 g/mol. The average Bonchev–Trinajstić information content (AvgIpc) is 3.00. The number of aliphatic hydroxyl groups is 1. The zero-order valence-corrected chi connectivity index (χ0v) is 26.4. The maximum Gasteiger partial charge on any atom is 0.333 e. The lowest BCUT2D eigenvalue weighted by molar-refractivity contribution is -0.139. The number of unbranched alkanes of at least 4 members (excludes halogenated alkanes) is 2. The van der Waals surface area contributed by atoms with E-state index in [1.807, 2.05) is 12.1 Å². The standard InChI is InChI=1S/C37H50O6/c1-6-7-8-9-28-10-12-29(13-11-28)30-14-16-34(32(24-30)18-21-42-36(39)26(2)3)31-15-17-35(41-23-20-38)33(25-31)19-22-43-37(40)27(4)5/h14-17,24-25,28-29,38H,2,4,6-13,18-23H2,1,3,5H3. The lowest BCUT2D eigenvalue weighted by atomic mass is 9.76. The Hall–Kier alpha value is -3.38. The second-order valence-electron chi connectivity index (χ2n) is 11.9. The van der Waals surface area contributed by atoms with Crippen molar-refractivity contribution in [3.05, 3.63) is 77.4 Å². The van der Waals surface area contributed by atoms with Crippen LogP contribution in [0.5, 0.6) is 5.75 Å². The second kappa shape index (κ2) is 17.7. The van der Waals surface area contributed by atoms with Gasteiger partial charge in [-0.05, 0) is 91.3 Å². The van der Waals surface area contributed by atoms with Gasteiger partial charge in [0.25, 0.3) is 0 Å². The van der Waals surface area contributed by atoms with E-state index >= 15 is 0 Å². The molecule has 1 aliphatic carbocycles. The molecule has 1 N–H and O–H groups in total. The van der Waals surface area contributed by atoms with Crippen LogP contribution in [0.25, 0.3) is 11.1 Å². The highest BCUT2D eigenvalue weighted by Crippen LogP contribution is 2.39. The van der Waals surface area contributed by atoms with Crippen LogP contribution in [0.1, 0.15) is 94.7 Å². The Balaban J connectivity index is 1.86. The molecule has 6 heteroatoms. The van der Waals surface area contributed by atoms with E-state index in [9.17, 15) is 14.7 Å². The van der Waals surface area contributed by atoms with E-state index in [4.69, 9.17) is 14.2 Å². The minimum Gasteiger partial charge on any atom is -0.491 e. The van der Waals surface area contributed by atoms with E-state index in [1.165, 1.54) is 56.9 Å². The van der Waals surface area contributed by atoms with Gasteiger partial charge in [-0.2, -0.15) is 0 Å². The molecule has 0 atom stereocenters. The van der Waals surface area contributed by atoms with E-state index < -0.39 is 5.97 Å². The molecule has 6 nitrogen and oxygen atoms in total. The highest BCUT2D eigenvalue weighted by atomic mass is 16.5. The fraction of sp³-hybridized carbons (Fsp3) is 0.514. The third-order valence-electron chi connectivity index (χ3n) is 8.29. The number of rotatable bonds is 17. The minimum absolute atomic E-state index is 0.0962. The Kier molecular flexibility index (Phi) is 14.0. The van der Waals surface area contributed by atoms with Crippen molar-refractivity contribution in [2.24, 2.45) is 5.92 Å². The minimum atomic E-state index is -0.425. The molecular formula is C37H50O6. The van der Waals surface area contributed by atoms with Gasteiger partial charge in [-0.3, -0.25) is 0 Å². The molecule has 1 fully saturated rings. The maximum absolute atomic E-state index is 12.1. The first-order valence-electron chi connectivity index (χ1n) is 15.9. The van der Waals surface area contributed by atoms with Crippen LogP contribution >= 0.6 is 0 Å². The molecule has 0 aliphatic heterocycles. The number of hydrogen-bond acceptors (Lipinski definition) is 6. The highest BCUT2D eigenvalue weighted by molar-refractivity contribution is 5.87. The van der Waals surface area contributed by atoms with Crippen LogP contribution in [0.4, 0.5) is 0 Å². The number of hydrogen-bond donors (Lipinski definition) is 1. The smallest absolute Gasteiger partial charge is 0.333 e. The Morgan fingerprint density at radius 3 is 2.09 bits per heavy atom. The zero-order chi connectivity index (χ0) is 31.2. The van der Waals surface area contributed by atoms with Crippen LogP contribution < -0.4 is 4.74 Å². The molecule has 234 valence electrons. The number of benzene rings is 2. The summed E-state index contributed by atoms with van der Waals surface area (Å²) in [5.74, 6) is 1.24. The SMILES string of the molecule is C=C(C)C(=O)OCCc1cc(-c2ccc(C3CCC(CCCCC)CC3)cc2CCOC(=O)C(=C)C)ccc1OCCO. The van der Waals surface area contributed by atoms with Gasteiger partial charge in [0.1, 0.15) is 12.4 Å². The molecule has 0 amide bonds. The first kappa shape index (κ1) is 34.1. The molecule has 1 aliphatic rings. The molecule has 2 aromatic carbocycles. The first-order chi connectivity index (χ1) is 20.7. The normalized spacial score (nSPS) is 16.4. The molecule has 0 unspecified atom stereocenters. The molecule has 0 spiro atoms. The summed E-state index contributed by atoms with van der Waals surface area (Å²) in [4.78, 5) is 24.0. The lowest BCUT2D eigenvalue weighted by Crippen LogP contribution is -2.14. The van der Waals surface area contributed by atoms with Gasteiger partial charge >= 0.3 is 11.9 Å². The van der Waals surface area contributed by atoms with E-state index in [0.717, 1.165) is 28.2 Å². The Morgan fingerprint density at radius 1 is 0.837 bits per heavy atom. The predicted octanol–water partition coefficient (Wildman–Crippen LogP) is 7.90. The molecule has 0 aromatic heterocycles. The zero-order valence-electron chi connectivity index (χ0n) is 26.4. The molecule has 0 radical (unpaired) electrons. The lowest BCUT2D eigenvalue weighted by Gasteiger charge is -2.29. The molecule has 0 saturated heterocycles. The summed E-state index contributed by atoms with van der Waals surface area (Å²) < 4.78 is 16.6. The summed E-state index contributed by atoms with van der Waals surface area (Å²) in [7, 11) is 0. The summed E-state index contributed by atoms with van der Waals surface area (Å²) in [5.41, 5.74) is 6.17. The molecule has 3 rings (SSSR count). The predicted molar refractivity (Wildman–Crippen MR) is 172 cm³/mol. The van der Waals surface area contributed by atoms with Crippen LogP contribution in [-0.2, 0) is 31.9 Å². The van der Waals surface area contributed by atoms with Crippen LogP contribution in [0, 0.1) is 5.92 Å². The van der Waals surface area contributed by atoms with E-state index in [0.29, 0.717) is 35.7 Å². The molecule has 0 heterocycles. The highest BCUT2D eigenvalue weighted by Gasteiger charge is 2.23. The fourth-order valence-electron chi connectivity index (χ4n) is 5.82. The van der Waals surface area contributed by atoms with Crippen molar-refractivity contribution in [1.29, 1.82) is 0 Å². The third kappa shape index (κ3) is 10.7. The maximum atomic E-state index is 12.1. The van der Waals surface area contributed by atoms with Gasteiger partial charge in [0.2, 0.25) is 0 Å². The van der Waals surface area contributed by atoms with E-state index in [1.54, 1.807) is 13.8 Å². The quantitative estimate of drug-likeness (QED) is 0.115. The van der Waals surface area contributed by atoms with Gasteiger partial charge in [-0.25, -0.2) is 9.59 Å². The average molecular weight is 591 g/mol. The Bertz CT molecular complexity index is 1240. The Morgan fingerprint density at radius 2 is 1.49 bits per heavy atom. The van der Waals surface area contributed by atoms with Crippen molar-refractivity contribution in [2.75, 3.05) is 26.4 Å². The number of carbonyl (C=O) groups excluding carboxylic acids is 2. The second-order valence-corrected chi connectivity index (χ2v) is 11.9. The van der Waals surface area contributed by atoms with E-state index in [-0.39, 0.29) is 32.4 Å². The van der Waals surface area contributed by atoms with Crippen LogP contribution in [-0.4, -0.2) is 43.5 Å². The monoisotopic (exact) mass is 590 g/mol. The van der Waals surface area contributed by atoms with Crippen molar-refractivity contribution in [3.8, 4) is 16.9 Å². The largest absolute Gasteiger partial charge is 0.491 e. The van der Waals surface area contributed by atoms with E-state index in [2.05, 4.69) is 44.3 Å². The van der Waals surface area contributed by atoms with Gasteiger partial charge in [0, 0.05) is 24.0 Å². The molecule has 1 saturated carbocycles. The summed E-state index contributed by atoms with van der Waals surface area (Å²) >= 11 is 0. The van der Waals surface area contributed by atoms with Crippen LogP contribution in [0.3, 0.4) is 0 Å². The first-order valence-corrected chi connectivity index (χ1v) is 15.9. The van der Waals surface area contributed by atoms with Crippen molar-refractivity contribution in [2.45, 2.75) is 90.9 Å². The van der Waals surface area contributed by atoms with Crippen LogP contribution in [0.15, 0.2) is 60.7 Å². The van der Waals surface area contributed by atoms with Gasteiger partial charge in [-0.15, -0.1) is 0 Å². The molecule has 0 bridgehead atoms. The number of carbonyl (C=O) groups is 2. The Labute approximate surface area is 258 Å². The fourth-order valence-corrected chi connectivity index (χ4v) is 5.82. The van der Waals surface area contributed by atoms with Crippen LogP contribution in [0.2, 0.25) is 0 Å². The third-order valence-corrected chi connectivity index (χ3v) is 8.29. The summed E-state index contributed by atoms with van der Waals surface area (Å²) in [5, 5.41) is 9.30. The summed E-state index contributed by atoms with van der Waals surface area (Å²) in [6, 6.07) is 12.7. The number of esters is 2. The topological polar surface area (TPSA) is 82.1 Å². The summed E-state index contributed by atoms with van der Waals surface area (Å²) in [6.07, 6.45) is 11.3. The van der Waals surface area contributed by atoms with Crippen molar-refractivity contribution in [3.63, 3.8) is 0 Å². The number of ether oxygens (including phenoxy) is 3. The van der Waals surface area contributed by atoms with Gasteiger partial charge < -0.3 is 19.3 Å². The summed E-state index contributed by atoms with van der Waals surface area (Å²) in [6.45, 7) is 13.4. The van der Waals surface area contributed by atoms with Crippen molar-refractivity contribution >= 4 is 11.9 Å². The number of aliphatic hydroxyl groups excluding tert-OH is 1. The van der Waals surface area contributed by atoms with Gasteiger partial charge in [-0.1, -0.05) is 70.0 Å².